The lowest BCUT2D eigenvalue weighted by Gasteiger charge is -2.40. The van der Waals surface area contributed by atoms with Gasteiger partial charge in [-0.1, -0.05) is 6.42 Å². The molecular weight excluding hydrogens is 290 g/mol. The molecule has 0 bridgehead atoms. The molecule has 3 N–H and O–H groups in total. The first-order chi connectivity index (χ1) is 10.0. The molecule has 6 nitrogen and oxygen atoms in total. The van der Waals surface area contributed by atoms with Crippen LogP contribution in [0.15, 0.2) is 18.3 Å². The maximum absolute atomic E-state index is 11.8. The Morgan fingerprint density at radius 2 is 2.19 bits per heavy atom. The van der Waals surface area contributed by atoms with E-state index in [-0.39, 0.29) is 17.2 Å². The first-order valence-corrected chi connectivity index (χ1v) is 8.02. The Labute approximate surface area is 127 Å². The number of thioether (sulfide) groups is 1. The molecule has 1 aromatic rings. The van der Waals surface area contributed by atoms with E-state index in [1.54, 1.807) is 23.9 Å². The highest BCUT2D eigenvalue weighted by Crippen LogP contribution is 2.42. The molecule has 1 saturated carbocycles. The number of hydrogen-bond acceptors (Lipinski definition) is 4. The Bertz CT molecular complexity index is 509. The number of carboxylic acids is 1. The van der Waals surface area contributed by atoms with Crippen LogP contribution in [0.1, 0.15) is 25.0 Å². The largest absolute Gasteiger partial charge is 0.481 e. The van der Waals surface area contributed by atoms with Crippen molar-refractivity contribution < 1.29 is 14.7 Å². The second-order valence-corrected chi connectivity index (χ2v) is 6.43. The number of pyridine rings is 1. The summed E-state index contributed by atoms with van der Waals surface area (Å²) in [5.41, 5.74) is 1.01. The highest BCUT2D eigenvalue weighted by molar-refractivity contribution is 8.00. The van der Waals surface area contributed by atoms with Gasteiger partial charge in [-0.05, 0) is 31.2 Å². The van der Waals surface area contributed by atoms with Crippen molar-refractivity contribution in [3.05, 3.63) is 24.0 Å². The molecule has 1 heterocycles. The Balaban J connectivity index is 1.81. The lowest BCUT2D eigenvalue weighted by Crippen LogP contribution is -2.46. The number of carbonyl (C=O) groups excluding carboxylic acids is 1. The molecule has 0 saturated heterocycles. The molecule has 1 fully saturated rings. The van der Waals surface area contributed by atoms with Gasteiger partial charge in [-0.25, -0.2) is 4.79 Å². The number of aromatic nitrogens is 1. The third-order valence-corrected chi connectivity index (χ3v) is 5.10. The van der Waals surface area contributed by atoms with Crippen molar-refractivity contribution in [1.82, 2.24) is 10.3 Å². The van der Waals surface area contributed by atoms with Crippen molar-refractivity contribution in [2.45, 2.75) is 30.4 Å². The molecule has 114 valence electrons. The van der Waals surface area contributed by atoms with Gasteiger partial charge in [0.15, 0.2) is 0 Å². The van der Waals surface area contributed by atoms with Gasteiger partial charge in [-0.15, -0.1) is 0 Å². The lowest BCUT2D eigenvalue weighted by molar-refractivity contribution is -0.136. The van der Waals surface area contributed by atoms with Gasteiger partial charge >= 0.3 is 12.0 Å². The zero-order valence-electron chi connectivity index (χ0n) is 11.9. The van der Waals surface area contributed by atoms with E-state index in [0.29, 0.717) is 17.9 Å². The van der Waals surface area contributed by atoms with Gasteiger partial charge in [-0.2, -0.15) is 11.8 Å². The Morgan fingerprint density at radius 1 is 1.43 bits per heavy atom. The number of amides is 2. The fraction of sp³-hybridized carbons (Fsp3) is 0.500. The molecule has 0 spiro atoms. The predicted molar refractivity (Wildman–Crippen MR) is 82.7 cm³/mol. The quantitative estimate of drug-likeness (QED) is 0.748. The van der Waals surface area contributed by atoms with Crippen molar-refractivity contribution in [2.75, 3.05) is 18.1 Å². The van der Waals surface area contributed by atoms with Gasteiger partial charge in [0.25, 0.3) is 0 Å². The molecule has 0 unspecified atom stereocenters. The van der Waals surface area contributed by atoms with Gasteiger partial charge in [0.2, 0.25) is 0 Å². The maximum atomic E-state index is 11.8. The summed E-state index contributed by atoms with van der Waals surface area (Å²) in [6.45, 7) is 0.657. The van der Waals surface area contributed by atoms with Gasteiger partial charge in [-0.3, -0.25) is 9.78 Å². The number of aliphatic carboxylic acids is 1. The van der Waals surface area contributed by atoms with Crippen molar-refractivity contribution in [3.8, 4) is 0 Å². The van der Waals surface area contributed by atoms with E-state index >= 15 is 0 Å². The van der Waals surface area contributed by atoms with Crippen LogP contribution in [0, 0.1) is 0 Å². The fourth-order valence-corrected chi connectivity index (χ4v) is 3.11. The molecule has 1 aliphatic rings. The van der Waals surface area contributed by atoms with E-state index in [1.807, 2.05) is 0 Å². The highest BCUT2D eigenvalue weighted by atomic mass is 32.2. The molecule has 7 heteroatoms. The zero-order valence-corrected chi connectivity index (χ0v) is 12.7. The molecule has 21 heavy (non-hydrogen) atoms. The summed E-state index contributed by atoms with van der Waals surface area (Å²) in [5.74, 6) is -0.927. The summed E-state index contributed by atoms with van der Waals surface area (Å²) < 4.78 is 0.195. The normalized spacial score (nSPS) is 15.9. The number of nitrogens with zero attached hydrogens (tertiary/aromatic N) is 1. The number of hydrogen-bond donors (Lipinski definition) is 3. The van der Waals surface area contributed by atoms with Gasteiger partial charge in [0, 0.05) is 11.3 Å². The molecule has 0 aliphatic heterocycles. The van der Waals surface area contributed by atoms with Crippen LogP contribution in [0.3, 0.4) is 0 Å². The number of nitrogens with one attached hydrogen (secondary N) is 2. The number of urea groups is 1. The summed E-state index contributed by atoms with van der Waals surface area (Å²) in [4.78, 5) is 26.4. The number of anilines is 1. The van der Waals surface area contributed by atoms with Crippen LogP contribution in [0.25, 0.3) is 0 Å². The monoisotopic (exact) mass is 309 g/mol. The topological polar surface area (TPSA) is 91.3 Å². The van der Waals surface area contributed by atoms with E-state index in [9.17, 15) is 9.59 Å². The van der Waals surface area contributed by atoms with Crippen LogP contribution in [-0.2, 0) is 11.2 Å². The SMILES string of the molecule is CSC1(CNC(=O)Nc2ccc(CC(=O)O)nc2)CCC1. The Hall–Kier alpha value is -1.76. The minimum atomic E-state index is -0.927. The highest BCUT2D eigenvalue weighted by Gasteiger charge is 2.36. The van der Waals surface area contributed by atoms with E-state index in [2.05, 4.69) is 21.9 Å². The van der Waals surface area contributed by atoms with Crippen LogP contribution < -0.4 is 10.6 Å². The fourth-order valence-electron chi connectivity index (χ4n) is 2.20. The summed E-state index contributed by atoms with van der Waals surface area (Å²) in [6.07, 6.45) is 6.91. The second kappa shape index (κ2) is 6.80. The van der Waals surface area contributed by atoms with E-state index < -0.39 is 5.97 Å². The number of carbonyl (C=O) groups is 2. The van der Waals surface area contributed by atoms with Crippen LogP contribution in [0.2, 0.25) is 0 Å². The van der Waals surface area contributed by atoms with Crippen LogP contribution in [0.4, 0.5) is 10.5 Å². The molecule has 0 atom stereocenters. The van der Waals surface area contributed by atoms with Crippen molar-refractivity contribution in [2.24, 2.45) is 0 Å². The van der Waals surface area contributed by atoms with Crippen LogP contribution in [-0.4, -0.2) is 39.6 Å². The number of rotatable bonds is 6. The molecule has 2 rings (SSSR count). The summed E-state index contributed by atoms with van der Waals surface area (Å²) >= 11 is 1.80. The van der Waals surface area contributed by atoms with E-state index in [0.717, 1.165) is 12.8 Å². The Kier molecular flexibility index (Phi) is 5.06. The average molecular weight is 309 g/mol. The summed E-state index contributed by atoms with van der Waals surface area (Å²) in [5, 5.41) is 14.2. The van der Waals surface area contributed by atoms with Crippen molar-refractivity contribution in [3.63, 3.8) is 0 Å². The second-order valence-electron chi connectivity index (χ2n) is 5.16. The third-order valence-electron chi connectivity index (χ3n) is 3.68. The predicted octanol–water partition coefficient (Wildman–Crippen LogP) is 2.12. The summed E-state index contributed by atoms with van der Waals surface area (Å²) in [6, 6.07) is 2.99. The van der Waals surface area contributed by atoms with Crippen LogP contribution in [0.5, 0.6) is 0 Å². The van der Waals surface area contributed by atoms with Gasteiger partial charge < -0.3 is 15.7 Å². The van der Waals surface area contributed by atoms with E-state index in [1.165, 1.54) is 12.6 Å². The lowest BCUT2D eigenvalue weighted by atomic mass is 9.84. The van der Waals surface area contributed by atoms with Gasteiger partial charge in [0.1, 0.15) is 0 Å². The molecule has 2 amide bonds. The first kappa shape index (κ1) is 15.6. The zero-order chi connectivity index (χ0) is 15.3. The molecular formula is C14H19N3O3S. The van der Waals surface area contributed by atoms with Gasteiger partial charge in [0.05, 0.1) is 24.0 Å². The standard InChI is InChI=1S/C14H19N3O3S/c1-21-14(5-2-6-14)9-16-13(20)17-11-4-3-10(15-8-11)7-12(18)19/h3-4,8H,2,5-7,9H2,1H3,(H,18,19)(H2,16,17,20). The van der Waals surface area contributed by atoms with Crippen molar-refractivity contribution in [1.29, 1.82) is 0 Å². The third kappa shape index (κ3) is 4.35. The Morgan fingerprint density at radius 3 is 2.67 bits per heavy atom. The molecule has 0 radical (unpaired) electrons. The first-order valence-electron chi connectivity index (χ1n) is 6.80. The minimum absolute atomic E-state index is 0.122. The number of carboxylic acid groups (broad SMARTS) is 1. The average Bonchev–Trinajstić information content (AvgIpc) is 2.40. The smallest absolute Gasteiger partial charge is 0.319 e. The minimum Gasteiger partial charge on any atom is -0.481 e. The summed E-state index contributed by atoms with van der Waals surface area (Å²) in [7, 11) is 0. The van der Waals surface area contributed by atoms with Crippen LogP contribution >= 0.6 is 11.8 Å². The molecule has 1 aliphatic carbocycles. The molecule has 0 aromatic carbocycles. The maximum Gasteiger partial charge on any atom is 0.319 e. The van der Waals surface area contributed by atoms with Crippen molar-refractivity contribution >= 4 is 29.4 Å². The molecule has 1 aromatic heterocycles. The van der Waals surface area contributed by atoms with E-state index in [4.69, 9.17) is 5.11 Å².